The molecule has 4 rings (SSSR count). The third-order valence-corrected chi connectivity index (χ3v) is 7.89. The maximum atomic E-state index is 12.7. The van der Waals surface area contributed by atoms with Crippen molar-refractivity contribution in [1.82, 2.24) is 15.3 Å². The van der Waals surface area contributed by atoms with E-state index in [-0.39, 0.29) is 29.6 Å². The number of thiophene rings is 1. The van der Waals surface area contributed by atoms with Gasteiger partial charge in [0.25, 0.3) is 5.56 Å². The highest BCUT2D eigenvalue weighted by atomic mass is 32.2. The summed E-state index contributed by atoms with van der Waals surface area (Å²) in [6.45, 7) is 1.98. The highest BCUT2D eigenvalue weighted by Crippen LogP contribution is 2.33. The molecule has 2 aromatic heterocycles. The molecule has 1 aliphatic rings. The Bertz CT molecular complexity index is 1220. The highest BCUT2D eigenvalue weighted by Gasteiger charge is 2.21. The number of nitrogens with zero attached hydrogens (tertiary/aromatic N) is 1. The van der Waals surface area contributed by atoms with E-state index >= 15 is 0 Å². The third-order valence-electron chi connectivity index (χ3n) is 5.76. The van der Waals surface area contributed by atoms with Crippen LogP contribution in [0.5, 0.6) is 0 Å². The molecule has 1 atom stereocenters. The number of benzene rings is 1. The fraction of sp³-hybridized carbons (Fsp3) is 0.417. The van der Waals surface area contributed by atoms with E-state index in [1.54, 1.807) is 11.3 Å². The number of rotatable bonds is 8. The quantitative estimate of drug-likeness (QED) is 0.471. The van der Waals surface area contributed by atoms with Crippen LogP contribution < -0.4 is 10.9 Å². The maximum Gasteiger partial charge on any atom is 0.307 e. The topological polar surface area (TPSA) is 101 Å². The molecule has 0 radical (unpaired) electrons. The number of ether oxygens (including phenoxy) is 1. The molecule has 9 heteroatoms. The second-order valence-corrected chi connectivity index (χ2v) is 10.3. The van der Waals surface area contributed by atoms with E-state index in [9.17, 15) is 14.4 Å². The van der Waals surface area contributed by atoms with Crippen LogP contribution in [0.25, 0.3) is 10.2 Å². The molecule has 0 aliphatic heterocycles. The van der Waals surface area contributed by atoms with Crippen molar-refractivity contribution < 1.29 is 14.3 Å². The molecule has 0 spiro atoms. The molecule has 1 unspecified atom stereocenters. The van der Waals surface area contributed by atoms with Gasteiger partial charge in [-0.2, -0.15) is 0 Å². The average molecular weight is 486 g/mol. The van der Waals surface area contributed by atoms with E-state index in [1.807, 2.05) is 31.2 Å². The van der Waals surface area contributed by atoms with Crippen molar-refractivity contribution in [1.29, 1.82) is 0 Å². The number of methoxy groups -OCH3 is 1. The van der Waals surface area contributed by atoms with Gasteiger partial charge in [0.15, 0.2) is 0 Å². The Morgan fingerprint density at radius 1 is 1.24 bits per heavy atom. The molecule has 1 amide bonds. The summed E-state index contributed by atoms with van der Waals surface area (Å²) >= 11 is 2.99. The van der Waals surface area contributed by atoms with Gasteiger partial charge in [0.05, 0.1) is 36.5 Å². The average Bonchev–Trinajstić information content (AvgIpc) is 3.18. The van der Waals surface area contributed by atoms with Gasteiger partial charge in [-0.1, -0.05) is 29.8 Å². The number of H-pyrrole nitrogens is 1. The number of aryl methyl sites for hydroxylation is 3. The van der Waals surface area contributed by atoms with Crippen molar-refractivity contribution in [2.75, 3.05) is 12.9 Å². The van der Waals surface area contributed by atoms with Gasteiger partial charge in [-0.25, -0.2) is 4.98 Å². The fourth-order valence-corrected chi connectivity index (χ4v) is 6.04. The van der Waals surface area contributed by atoms with Gasteiger partial charge in [-0.05, 0) is 43.7 Å². The van der Waals surface area contributed by atoms with Gasteiger partial charge >= 0.3 is 5.97 Å². The van der Waals surface area contributed by atoms with E-state index in [0.717, 1.165) is 47.0 Å². The van der Waals surface area contributed by atoms with Crippen molar-refractivity contribution in [3.8, 4) is 0 Å². The molecule has 2 heterocycles. The number of nitrogens with one attached hydrogen (secondary N) is 2. The molecular weight excluding hydrogens is 458 g/mol. The minimum Gasteiger partial charge on any atom is -0.469 e. The zero-order chi connectivity index (χ0) is 23.4. The number of hydrogen-bond acceptors (Lipinski definition) is 7. The number of thioether (sulfide) groups is 1. The lowest BCUT2D eigenvalue weighted by molar-refractivity contribution is -0.141. The second-order valence-electron chi connectivity index (χ2n) is 8.21. The fourth-order valence-electron chi connectivity index (χ4n) is 4.05. The zero-order valence-corrected chi connectivity index (χ0v) is 20.4. The number of aromatic nitrogens is 2. The van der Waals surface area contributed by atoms with Gasteiger partial charge in [-0.3, -0.25) is 14.4 Å². The van der Waals surface area contributed by atoms with Gasteiger partial charge in [0.2, 0.25) is 5.91 Å². The first kappa shape index (κ1) is 23.5. The molecule has 2 N–H and O–H groups in total. The lowest BCUT2D eigenvalue weighted by Gasteiger charge is -2.18. The minimum absolute atomic E-state index is 0.0601. The van der Waals surface area contributed by atoms with Crippen molar-refractivity contribution in [2.45, 2.75) is 50.8 Å². The van der Waals surface area contributed by atoms with E-state index < -0.39 is 6.04 Å². The van der Waals surface area contributed by atoms with E-state index in [4.69, 9.17) is 4.74 Å². The van der Waals surface area contributed by atoms with Gasteiger partial charge in [0, 0.05) is 4.88 Å². The number of carbonyl (C=O) groups is 2. The van der Waals surface area contributed by atoms with Crippen LogP contribution in [-0.4, -0.2) is 34.7 Å². The smallest absolute Gasteiger partial charge is 0.307 e. The zero-order valence-electron chi connectivity index (χ0n) is 18.7. The Morgan fingerprint density at radius 2 is 2.00 bits per heavy atom. The molecular formula is C24H27N3O4S2. The number of hydrogen-bond donors (Lipinski definition) is 2. The van der Waals surface area contributed by atoms with Crippen LogP contribution in [0.4, 0.5) is 0 Å². The summed E-state index contributed by atoms with van der Waals surface area (Å²) in [5, 5.41) is 3.67. The number of esters is 1. The summed E-state index contributed by atoms with van der Waals surface area (Å²) in [4.78, 5) is 46.7. The number of amides is 1. The van der Waals surface area contributed by atoms with Crippen LogP contribution in [0.2, 0.25) is 0 Å². The van der Waals surface area contributed by atoms with Gasteiger partial charge in [-0.15, -0.1) is 23.1 Å². The van der Waals surface area contributed by atoms with Crippen LogP contribution in [0.3, 0.4) is 0 Å². The first-order chi connectivity index (χ1) is 15.9. The first-order valence-corrected chi connectivity index (χ1v) is 13.0. The predicted molar refractivity (Wildman–Crippen MR) is 132 cm³/mol. The molecule has 1 aliphatic carbocycles. The van der Waals surface area contributed by atoms with E-state index in [0.29, 0.717) is 11.6 Å². The van der Waals surface area contributed by atoms with Crippen LogP contribution in [0, 0.1) is 6.92 Å². The van der Waals surface area contributed by atoms with Crippen molar-refractivity contribution in [3.63, 3.8) is 0 Å². The summed E-state index contributed by atoms with van der Waals surface area (Å²) in [5.41, 5.74) is 3.03. The standard InChI is InChI=1S/C24H27N3O4S2/c1-14-7-9-15(10-8-14)17(11-21(29)31-2)25-20(28)13-32-12-19-26-23(30)22-16-5-3-4-6-18(16)33-24(22)27-19/h7-10,17H,3-6,11-13H2,1-2H3,(H,25,28)(H,26,27,30). The summed E-state index contributed by atoms with van der Waals surface area (Å²) in [7, 11) is 1.33. The number of carbonyl (C=O) groups excluding carboxylic acids is 2. The Morgan fingerprint density at radius 3 is 2.76 bits per heavy atom. The van der Waals surface area contributed by atoms with Crippen LogP contribution >= 0.6 is 23.1 Å². The molecule has 0 saturated carbocycles. The van der Waals surface area contributed by atoms with Crippen LogP contribution in [-0.2, 0) is 32.9 Å². The van der Waals surface area contributed by atoms with Gasteiger partial charge in [0.1, 0.15) is 10.7 Å². The molecule has 33 heavy (non-hydrogen) atoms. The summed E-state index contributed by atoms with van der Waals surface area (Å²) in [6.07, 6.45) is 4.31. The lowest BCUT2D eigenvalue weighted by atomic mass is 9.97. The second kappa shape index (κ2) is 10.5. The Kier molecular flexibility index (Phi) is 7.49. The molecule has 0 fully saturated rings. The Balaban J connectivity index is 1.38. The molecule has 1 aromatic carbocycles. The normalized spacial score (nSPS) is 14.0. The first-order valence-electron chi connectivity index (χ1n) is 11.0. The van der Waals surface area contributed by atoms with Crippen molar-refractivity contribution in [3.05, 3.63) is 62.0 Å². The lowest BCUT2D eigenvalue weighted by Crippen LogP contribution is -2.31. The Labute approximate surface area is 200 Å². The molecule has 7 nitrogen and oxygen atoms in total. The molecule has 0 bridgehead atoms. The van der Waals surface area contributed by atoms with Crippen molar-refractivity contribution >= 4 is 45.2 Å². The number of fused-ring (bicyclic) bond motifs is 3. The minimum atomic E-state index is -0.460. The van der Waals surface area contributed by atoms with Crippen LogP contribution in [0.15, 0.2) is 29.1 Å². The van der Waals surface area contributed by atoms with Crippen molar-refractivity contribution in [2.24, 2.45) is 0 Å². The molecule has 174 valence electrons. The largest absolute Gasteiger partial charge is 0.469 e. The maximum absolute atomic E-state index is 12.7. The number of aromatic amines is 1. The van der Waals surface area contributed by atoms with E-state index in [2.05, 4.69) is 15.3 Å². The summed E-state index contributed by atoms with van der Waals surface area (Å²) in [5.74, 6) is 0.611. The SMILES string of the molecule is COC(=O)CC(NC(=O)CSCc1nc2sc3c(c2c(=O)[nH]1)CCCC3)c1ccc(C)cc1. The highest BCUT2D eigenvalue weighted by molar-refractivity contribution is 7.99. The summed E-state index contributed by atoms with van der Waals surface area (Å²) < 4.78 is 4.79. The van der Waals surface area contributed by atoms with E-state index in [1.165, 1.54) is 29.3 Å². The molecule has 0 saturated heterocycles. The van der Waals surface area contributed by atoms with Gasteiger partial charge < -0.3 is 15.0 Å². The molecule has 3 aromatic rings. The summed E-state index contributed by atoms with van der Waals surface area (Å²) in [6, 6.07) is 7.24. The van der Waals surface area contributed by atoms with Crippen LogP contribution in [0.1, 0.15) is 52.7 Å². The predicted octanol–water partition coefficient (Wildman–Crippen LogP) is 3.83. The third kappa shape index (κ3) is 5.65. The monoisotopic (exact) mass is 485 g/mol. The Hall–Kier alpha value is -2.65.